The number of piperazine rings is 1. The summed E-state index contributed by atoms with van der Waals surface area (Å²) in [5.74, 6) is -0.433. The number of aromatic nitrogens is 4. The predicted octanol–water partition coefficient (Wildman–Crippen LogP) is 1.30. The second-order valence-corrected chi connectivity index (χ2v) is 9.32. The van der Waals surface area contributed by atoms with Crippen molar-refractivity contribution in [1.29, 1.82) is 0 Å². The van der Waals surface area contributed by atoms with E-state index in [1.807, 2.05) is 0 Å². The van der Waals surface area contributed by atoms with Crippen LogP contribution in [-0.4, -0.2) is 82.2 Å². The fourth-order valence-electron chi connectivity index (χ4n) is 3.06. The van der Waals surface area contributed by atoms with E-state index in [-0.39, 0.29) is 55.2 Å². The van der Waals surface area contributed by atoms with E-state index in [4.69, 9.17) is 9.15 Å². The highest BCUT2D eigenvalue weighted by atomic mass is 32.2. The van der Waals surface area contributed by atoms with Crippen LogP contribution in [0.15, 0.2) is 39.0 Å². The number of amides is 2. The fourth-order valence-corrected chi connectivity index (χ4v) is 4.91. The van der Waals surface area contributed by atoms with E-state index in [1.165, 1.54) is 33.5 Å². The molecule has 1 fully saturated rings. The maximum atomic E-state index is 12.9. The molecule has 3 heterocycles. The normalized spacial score (nSPS) is 14.8. The van der Waals surface area contributed by atoms with E-state index in [0.29, 0.717) is 5.69 Å². The number of rotatable bonds is 6. The maximum Gasteiger partial charge on any atom is 0.409 e. The molecule has 0 aliphatic carbocycles. The molecule has 33 heavy (non-hydrogen) atoms. The standard InChI is InChI=1S/C18H19N7O6S2/c1-2-30-18(27)24-7-9-25(10-8-24)33(28,29)13-5-3-12(4-6-13)15(26)19-17-22-21-16(31-17)14-11-32-23-20-14/h3-6,11H,2,7-10H2,1H3,(H,19,22,26). The third kappa shape index (κ3) is 4.99. The summed E-state index contributed by atoms with van der Waals surface area (Å²) in [6.07, 6.45) is -0.457. The Bertz CT molecular complexity index is 1220. The lowest BCUT2D eigenvalue weighted by Crippen LogP contribution is -2.50. The van der Waals surface area contributed by atoms with E-state index < -0.39 is 22.0 Å². The zero-order chi connectivity index (χ0) is 23.4. The van der Waals surface area contributed by atoms with Crippen molar-refractivity contribution in [2.75, 3.05) is 38.1 Å². The van der Waals surface area contributed by atoms with E-state index in [9.17, 15) is 18.0 Å². The van der Waals surface area contributed by atoms with Crippen molar-refractivity contribution in [3.05, 3.63) is 35.2 Å². The predicted molar refractivity (Wildman–Crippen MR) is 115 cm³/mol. The molecule has 2 aromatic heterocycles. The summed E-state index contributed by atoms with van der Waals surface area (Å²) < 4.78 is 41.1. The number of nitrogens with one attached hydrogen (secondary N) is 1. The van der Waals surface area contributed by atoms with Gasteiger partial charge in [0.1, 0.15) is 0 Å². The Morgan fingerprint density at radius 1 is 1.12 bits per heavy atom. The number of hydrogen-bond acceptors (Lipinski definition) is 11. The van der Waals surface area contributed by atoms with Crippen molar-refractivity contribution >= 4 is 39.6 Å². The van der Waals surface area contributed by atoms with Gasteiger partial charge in [0.25, 0.3) is 11.8 Å². The van der Waals surface area contributed by atoms with Gasteiger partial charge in [-0.1, -0.05) is 9.59 Å². The number of hydrogen-bond donors (Lipinski definition) is 1. The molecule has 2 amide bonds. The Hall–Kier alpha value is -3.43. The molecule has 174 valence electrons. The molecule has 4 rings (SSSR count). The summed E-state index contributed by atoms with van der Waals surface area (Å²) in [7, 11) is -3.78. The summed E-state index contributed by atoms with van der Waals surface area (Å²) in [5, 5.41) is 15.4. The van der Waals surface area contributed by atoms with E-state index in [1.54, 1.807) is 12.3 Å². The van der Waals surface area contributed by atoms with Crippen molar-refractivity contribution in [1.82, 2.24) is 29.0 Å². The van der Waals surface area contributed by atoms with Crippen LogP contribution >= 0.6 is 11.5 Å². The number of anilines is 1. The Morgan fingerprint density at radius 2 is 1.85 bits per heavy atom. The zero-order valence-electron chi connectivity index (χ0n) is 17.4. The minimum atomic E-state index is -3.78. The summed E-state index contributed by atoms with van der Waals surface area (Å²) >= 11 is 1.12. The van der Waals surface area contributed by atoms with Crippen LogP contribution in [0.5, 0.6) is 0 Å². The van der Waals surface area contributed by atoms with Gasteiger partial charge < -0.3 is 14.1 Å². The van der Waals surface area contributed by atoms with Gasteiger partial charge >= 0.3 is 12.1 Å². The van der Waals surface area contributed by atoms with Gasteiger partial charge in [-0.15, -0.1) is 10.2 Å². The first-order valence-electron chi connectivity index (χ1n) is 9.82. The Kier molecular flexibility index (Phi) is 6.62. The lowest BCUT2D eigenvalue weighted by atomic mass is 10.2. The molecule has 0 bridgehead atoms. The summed E-state index contributed by atoms with van der Waals surface area (Å²) in [6, 6.07) is 5.35. The lowest BCUT2D eigenvalue weighted by Gasteiger charge is -2.33. The van der Waals surface area contributed by atoms with Crippen LogP contribution in [0, 0.1) is 0 Å². The topological polar surface area (TPSA) is 161 Å². The molecule has 1 aromatic carbocycles. The second-order valence-electron chi connectivity index (χ2n) is 6.77. The van der Waals surface area contributed by atoms with Crippen molar-refractivity contribution in [2.45, 2.75) is 11.8 Å². The van der Waals surface area contributed by atoms with Gasteiger partial charge in [-0.3, -0.25) is 10.1 Å². The average Bonchev–Trinajstić information content (AvgIpc) is 3.51. The van der Waals surface area contributed by atoms with Crippen LogP contribution < -0.4 is 5.32 Å². The number of benzene rings is 1. The Labute approximate surface area is 192 Å². The van der Waals surface area contributed by atoms with Gasteiger partial charge in [0.2, 0.25) is 10.0 Å². The van der Waals surface area contributed by atoms with Crippen LogP contribution in [-0.2, 0) is 14.8 Å². The number of carbonyl (C=O) groups is 2. The number of ether oxygens (including phenoxy) is 1. The molecule has 0 atom stereocenters. The quantitative estimate of drug-likeness (QED) is 0.530. The summed E-state index contributed by atoms with van der Waals surface area (Å²) in [4.78, 5) is 25.8. The monoisotopic (exact) mass is 493 g/mol. The van der Waals surface area contributed by atoms with Crippen molar-refractivity contribution < 1.29 is 27.2 Å². The molecule has 0 unspecified atom stereocenters. The molecule has 0 spiro atoms. The third-order valence-corrected chi connectivity index (χ3v) is 7.16. The molecular formula is C18H19N7O6S2. The smallest absolute Gasteiger partial charge is 0.409 e. The highest BCUT2D eigenvalue weighted by molar-refractivity contribution is 7.89. The summed E-state index contributed by atoms with van der Waals surface area (Å²) in [5.41, 5.74) is 0.599. The average molecular weight is 494 g/mol. The van der Waals surface area contributed by atoms with Crippen molar-refractivity contribution in [3.63, 3.8) is 0 Å². The van der Waals surface area contributed by atoms with Crippen LogP contribution in [0.3, 0.4) is 0 Å². The number of nitrogens with zero attached hydrogens (tertiary/aromatic N) is 6. The first-order valence-corrected chi connectivity index (χ1v) is 12.1. The molecular weight excluding hydrogens is 474 g/mol. The van der Waals surface area contributed by atoms with E-state index in [2.05, 4.69) is 25.1 Å². The van der Waals surface area contributed by atoms with Crippen LogP contribution in [0.2, 0.25) is 0 Å². The minimum absolute atomic E-state index is 0.0414. The molecule has 1 aliphatic rings. The highest BCUT2D eigenvalue weighted by Crippen LogP contribution is 2.21. The highest BCUT2D eigenvalue weighted by Gasteiger charge is 2.30. The SMILES string of the molecule is CCOC(=O)N1CCN(S(=O)(=O)c2ccc(C(=O)Nc3nnc(-c4csnn4)o3)cc2)CC1. The van der Waals surface area contributed by atoms with Crippen LogP contribution in [0.25, 0.3) is 11.6 Å². The molecule has 1 N–H and O–H groups in total. The molecule has 15 heteroatoms. The first kappa shape index (κ1) is 22.8. The molecule has 0 radical (unpaired) electrons. The van der Waals surface area contributed by atoms with Crippen LogP contribution in [0.4, 0.5) is 10.8 Å². The minimum Gasteiger partial charge on any atom is -0.450 e. The Morgan fingerprint density at radius 3 is 2.48 bits per heavy atom. The van der Waals surface area contributed by atoms with Gasteiger partial charge in [-0.2, -0.15) is 4.31 Å². The number of carbonyl (C=O) groups excluding carboxylic acids is 2. The van der Waals surface area contributed by atoms with Gasteiger partial charge in [0.05, 0.1) is 11.5 Å². The number of sulfonamides is 1. The molecule has 0 saturated carbocycles. The second kappa shape index (κ2) is 9.60. The van der Waals surface area contributed by atoms with Gasteiger partial charge in [-0.05, 0) is 42.7 Å². The van der Waals surface area contributed by atoms with E-state index in [0.717, 1.165) is 11.5 Å². The maximum absolute atomic E-state index is 12.9. The van der Waals surface area contributed by atoms with Crippen LogP contribution in [0.1, 0.15) is 17.3 Å². The first-order chi connectivity index (χ1) is 15.9. The van der Waals surface area contributed by atoms with Crippen molar-refractivity contribution in [2.24, 2.45) is 0 Å². The zero-order valence-corrected chi connectivity index (χ0v) is 19.0. The molecule has 1 saturated heterocycles. The van der Waals surface area contributed by atoms with Gasteiger partial charge in [0, 0.05) is 37.1 Å². The van der Waals surface area contributed by atoms with Gasteiger partial charge in [-0.25, -0.2) is 13.2 Å². The van der Waals surface area contributed by atoms with Crippen molar-refractivity contribution in [3.8, 4) is 11.6 Å². The molecule has 13 nitrogen and oxygen atoms in total. The Balaban J connectivity index is 1.38. The molecule has 1 aliphatic heterocycles. The molecule has 3 aromatic rings. The summed E-state index contributed by atoms with van der Waals surface area (Å²) in [6.45, 7) is 2.74. The largest absolute Gasteiger partial charge is 0.450 e. The van der Waals surface area contributed by atoms with Gasteiger partial charge in [0.15, 0.2) is 5.69 Å². The lowest BCUT2D eigenvalue weighted by molar-refractivity contribution is 0.0933. The van der Waals surface area contributed by atoms with E-state index >= 15 is 0 Å². The third-order valence-electron chi connectivity index (χ3n) is 4.74. The fraction of sp³-hybridized carbons (Fsp3) is 0.333.